The normalized spacial score (nSPS) is 15.0. The van der Waals surface area contributed by atoms with Crippen LogP contribution in [-0.2, 0) is 9.47 Å². The van der Waals surface area contributed by atoms with Gasteiger partial charge in [0.05, 0.1) is 25.9 Å². The molecule has 0 aliphatic rings. The molecule has 166 valence electrons. The molecule has 1 amide bonds. The smallest absolute Gasteiger partial charge is 0.407 e. The lowest BCUT2D eigenvalue weighted by atomic mass is 9.79. The molecule has 0 aromatic heterocycles. The molecule has 6 heteroatoms. The zero-order valence-corrected chi connectivity index (χ0v) is 19.2. The first-order chi connectivity index (χ1) is 13.5. The first-order valence-corrected chi connectivity index (χ1v) is 10.5. The highest BCUT2D eigenvalue weighted by molar-refractivity contribution is 5.68. The number of halogens is 1. The van der Waals surface area contributed by atoms with Crippen molar-refractivity contribution < 1.29 is 23.4 Å². The van der Waals surface area contributed by atoms with E-state index in [0.717, 1.165) is 18.4 Å². The Balaban J connectivity index is 2.89. The van der Waals surface area contributed by atoms with Gasteiger partial charge in [-0.3, -0.25) is 0 Å². The van der Waals surface area contributed by atoms with Gasteiger partial charge in [-0.2, -0.15) is 0 Å². The second-order valence-electron chi connectivity index (χ2n) is 8.57. The van der Waals surface area contributed by atoms with Crippen molar-refractivity contribution in [3.63, 3.8) is 0 Å². The summed E-state index contributed by atoms with van der Waals surface area (Å²) in [5, 5.41) is 2.80. The minimum atomic E-state index is -0.544. The number of nitrogens with one attached hydrogen (secondary N) is 1. The van der Waals surface area contributed by atoms with Gasteiger partial charge in [0, 0.05) is 17.5 Å². The van der Waals surface area contributed by atoms with Crippen molar-refractivity contribution in [1.29, 1.82) is 0 Å². The number of hydrogen-bond donors (Lipinski definition) is 1. The fraction of sp³-hybridized carbons (Fsp3) is 0.696. The molecule has 5 nitrogen and oxygen atoms in total. The minimum Gasteiger partial charge on any atom is -0.496 e. The standard InChI is InChI=1S/C23H38FNO4/c1-9-17(10-2)21(19-12-11-18(24)13-20(19)27-8)16(4)28-14-15(3)25-22(26)29-23(5,6)7/h11-13,15-17,21H,9-10,14H2,1-8H3,(H,25,26)/t15-,16-,21+/m0/s1. The van der Waals surface area contributed by atoms with Gasteiger partial charge in [-0.15, -0.1) is 0 Å². The van der Waals surface area contributed by atoms with Crippen LogP contribution < -0.4 is 10.1 Å². The molecule has 0 radical (unpaired) electrons. The Hall–Kier alpha value is -1.82. The van der Waals surface area contributed by atoms with Crippen molar-refractivity contribution in [3.8, 4) is 5.75 Å². The Bertz CT molecular complexity index is 640. The lowest BCUT2D eigenvalue weighted by Crippen LogP contribution is -2.41. The van der Waals surface area contributed by atoms with Gasteiger partial charge in [0.15, 0.2) is 0 Å². The summed E-state index contributed by atoms with van der Waals surface area (Å²) in [6, 6.07) is 4.47. The van der Waals surface area contributed by atoms with Crippen LogP contribution in [0.2, 0.25) is 0 Å². The van der Waals surface area contributed by atoms with Gasteiger partial charge in [-0.1, -0.05) is 32.8 Å². The molecule has 0 aliphatic heterocycles. The van der Waals surface area contributed by atoms with Gasteiger partial charge >= 0.3 is 6.09 Å². The van der Waals surface area contributed by atoms with E-state index >= 15 is 0 Å². The molecule has 0 spiro atoms. The molecule has 3 atom stereocenters. The predicted octanol–water partition coefficient (Wildman–Crippen LogP) is 5.67. The molecule has 0 unspecified atom stereocenters. The number of alkyl carbamates (subject to hydrolysis) is 1. The first kappa shape index (κ1) is 25.2. The second kappa shape index (κ2) is 11.4. The van der Waals surface area contributed by atoms with E-state index in [4.69, 9.17) is 14.2 Å². The summed E-state index contributed by atoms with van der Waals surface area (Å²) in [5.41, 5.74) is 0.403. The number of hydrogen-bond acceptors (Lipinski definition) is 4. The van der Waals surface area contributed by atoms with Crippen molar-refractivity contribution in [2.45, 2.75) is 85.0 Å². The van der Waals surface area contributed by atoms with E-state index in [1.807, 2.05) is 34.6 Å². The van der Waals surface area contributed by atoms with Crippen molar-refractivity contribution in [2.24, 2.45) is 5.92 Å². The molecule has 1 aromatic rings. The van der Waals surface area contributed by atoms with E-state index in [2.05, 4.69) is 19.2 Å². The minimum absolute atomic E-state index is 0.0503. The van der Waals surface area contributed by atoms with Crippen LogP contribution in [0.1, 0.15) is 72.8 Å². The number of amides is 1. The Kier molecular flexibility index (Phi) is 9.90. The molecule has 0 saturated heterocycles. The maximum Gasteiger partial charge on any atom is 0.407 e. The van der Waals surface area contributed by atoms with Gasteiger partial charge in [0.2, 0.25) is 0 Å². The van der Waals surface area contributed by atoms with E-state index in [-0.39, 0.29) is 23.9 Å². The van der Waals surface area contributed by atoms with Crippen LogP contribution in [0.15, 0.2) is 18.2 Å². The number of carbonyl (C=O) groups excluding carboxylic acids is 1. The first-order valence-electron chi connectivity index (χ1n) is 10.5. The molecule has 0 aliphatic carbocycles. The Morgan fingerprint density at radius 2 is 1.79 bits per heavy atom. The lowest BCUT2D eigenvalue weighted by Gasteiger charge is -2.33. The molecule has 1 aromatic carbocycles. The van der Waals surface area contributed by atoms with Crippen LogP contribution >= 0.6 is 0 Å². The summed E-state index contributed by atoms with van der Waals surface area (Å²) >= 11 is 0. The van der Waals surface area contributed by atoms with E-state index in [9.17, 15) is 9.18 Å². The summed E-state index contributed by atoms with van der Waals surface area (Å²) in [4.78, 5) is 11.9. The van der Waals surface area contributed by atoms with Gasteiger partial charge in [-0.05, 0) is 46.6 Å². The number of rotatable bonds is 10. The van der Waals surface area contributed by atoms with Crippen LogP contribution in [0.25, 0.3) is 0 Å². The zero-order valence-electron chi connectivity index (χ0n) is 19.2. The largest absolute Gasteiger partial charge is 0.496 e. The van der Waals surface area contributed by atoms with Crippen LogP contribution in [-0.4, -0.2) is 37.6 Å². The summed E-state index contributed by atoms with van der Waals surface area (Å²) in [6.07, 6.45) is 1.35. The fourth-order valence-electron chi connectivity index (χ4n) is 3.60. The summed E-state index contributed by atoms with van der Waals surface area (Å²) < 4.78 is 30.6. The number of carbonyl (C=O) groups is 1. The molecule has 1 N–H and O–H groups in total. The molecule has 0 bridgehead atoms. The monoisotopic (exact) mass is 411 g/mol. The third-order valence-corrected chi connectivity index (χ3v) is 4.99. The zero-order chi connectivity index (χ0) is 22.2. The van der Waals surface area contributed by atoms with Crippen LogP contribution in [0.3, 0.4) is 0 Å². The Labute approximate surface area is 175 Å². The van der Waals surface area contributed by atoms with Gasteiger partial charge < -0.3 is 19.5 Å². The molecule has 0 saturated carbocycles. The molecule has 0 heterocycles. The molecular weight excluding hydrogens is 373 g/mol. The fourth-order valence-corrected chi connectivity index (χ4v) is 3.60. The number of methoxy groups -OCH3 is 1. The van der Waals surface area contributed by atoms with Crippen molar-refractivity contribution in [1.82, 2.24) is 5.32 Å². The third kappa shape index (κ3) is 8.21. The third-order valence-electron chi connectivity index (χ3n) is 4.99. The molecule has 1 rings (SSSR count). The molecule has 29 heavy (non-hydrogen) atoms. The number of benzene rings is 1. The Morgan fingerprint density at radius 3 is 2.31 bits per heavy atom. The maximum absolute atomic E-state index is 13.7. The highest BCUT2D eigenvalue weighted by Gasteiger charge is 2.30. The van der Waals surface area contributed by atoms with Crippen LogP contribution in [0, 0.1) is 11.7 Å². The quantitative estimate of drug-likeness (QED) is 0.539. The molecular formula is C23H38FNO4. The summed E-state index contributed by atoms with van der Waals surface area (Å²) in [6.45, 7) is 14.0. The highest BCUT2D eigenvalue weighted by Crippen LogP contribution is 2.39. The lowest BCUT2D eigenvalue weighted by molar-refractivity contribution is 0.0134. The van der Waals surface area contributed by atoms with Crippen molar-refractivity contribution >= 4 is 6.09 Å². The summed E-state index contributed by atoms with van der Waals surface area (Å²) in [5.74, 6) is 0.627. The average Bonchev–Trinajstić information content (AvgIpc) is 2.62. The second-order valence-corrected chi connectivity index (χ2v) is 8.57. The van der Waals surface area contributed by atoms with E-state index in [0.29, 0.717) is 18.3 Å². The van der Waals surface area contributed by atoms with Gasteiger partial charge in [0.25, 0.3) is 0 Å². The summed E-state index contributed by atoms with van der Waals surface area (Å²) in [7, 11) is 1.56. The van der Waals surface area contributed by atoms with Gasteiger partial charge in [0.1, 0.15) is 17.2 Å². The van der Waals surface area contributed by atoms with E-state index in [1.54, 1.807) is 13.2 Å². The average molecular weight is 412 g/mol. The van der Waals surface area contributed by atoms with Crippen LogP contribution in [0.5, 0.6) is 5.75 Å². The SMILES string of the molecule is CCC(CC)[C@H](c1ccc(F)cc1OC)[C@H](C)OC[C@H](C)NC(=O)OC(C)(C)C. The van der Waals surface area contributed by atoms with Gasteiger partial charge in [-0.25, -0.2) is 9.18 Å². The van der Waals surface area contributed by atoms with E-state index in [1.165, 1.54) is 12.1 Å². The van der Waals surface area contributed by atoms with Crippen molar-refractivity contribution in [2.75, 3.05) is 13.7 Å². The van der Waals surface area contributed by atoms with Crippen molar-refractivity contribution in [3.05, 3.63) is 29.6 Å². The Morgan fingerprint density at radius 1 is 1.17 bits per heavy atom. The predicted molar refractivity (Wildman–Crippen MR) is 114 cm³/mol. The van der Waals surface area contributed by atoms with E-state index < -0.39 is 11.7 Å². The highest BCUT2D eigenvalue weighted by atomic mass is 19.1. The number of ether oxygens (including phenoxy) is 3. The topological polar surface area (TPSA) is 56.8 Å². The maximum atomic E-state index is 13.7. The van der Waals surface area contributed by atoms with Crippen LogP contribution in [0.4, 0.5) is 9.18 Å². The molecule has 0 fully saturated rings.